The summed E-state index contributed by atoms with van der Waals surface area (Å²) >= 11 is 12.3. The van der Waals surface area contributed by atoms with Gasteiger partial charge < -0.3 is 15.8 Å². The normalized spacial score (nSPS) is 12.6. The predicted octanol–water partition coefficient (Wildman–Crippen LogP) is 5.34. The molecule has 0 spiro atoms. The van der Waals surface area contributed by atoms with E-state index >= 15 is 0 Å². The molecule has 1 atom stereocenters. The number of alkyl halides is 1. The molecular formula is C21H26Cl2N2O2. The lowest BCUT2D eigenvalue weighted by Gasteiger charge is -2.34. The molecule has 2 aromatic rings. The SMILES string of the molecule is CNc1ccc(C(c2ccc(Cl)c(CCl)c2)C(C)(C)C(=O)OC)c(C)c1N. The van der Waals surface area contributed by atoms with Crippen molar-refractivity contribution >= 4 is 40.5 Å². The molecule has 3 N–H and O–H groups in total. The van der Waals surface area contributed by atoms with E-state index in [1.54, 1.807) is 0 Å². The van der Waals surface area contributed by atoms with E-state index < -0.39 is 5.41 Å². The van der Waals surface area contributed by atoms with Crippen LogP contribution in [0.15, 0.2) is 30.3 Å². The topological polar surface area (TPSA) is 64.3 Å². The Bertz CT molecular complexity index is 850. The summed E-state index contributed by atoms with van der Waals surface area (Å²) in [7, 11) is 3.23. The third kappa shape index (κ3) is 4.02. The smallest absolute Gasteiger partial charge is 0.312 e. The highest BCUT2D eigenvalue weighted by Gasteiger charge is 2.41. The lowest BCUT2D eigenvalue weighted by Crippen LogP contribution is -2.34. The first-order chi connectivity index (χ1) is 12.7. The fraction of sp³-hybridized carbons (Fsp3) is 0.381. The Balaban J connectivity index is 2.76. The van der Waals surface area contributed by atoms with Crippen molar-refractivity contribution in [3.05, 3.63) is 57.6 Å². The largest absolute Gasteiger partial charge is 0.469 e. The van der Waals surface area contributed by atoms with Crippen LogP contribution in [-0.4, -0.2) is 20.1 Å². The lowest BCUT2D eigenvalue weighted by molar-refractivity contribution is -0.151. The summed E-state index contributed by atoms with van der Waals surface area (Å²) in [5.41, 5.74) is 10.6. The zero-order valence-electron chi connectivity index (χ0n) is 16.3. The van der Waals surface area contributed by atoms with Crippen LogP contribution in [0.4, 0.5) is 11.4 Å². The highest BCUT2D eigenvalue weighted by Crippen LogP contribution is 2.45. The van der Waals surface area contributed by atoms with Crippen LogP contribution in [0.3, 0.4) is 0 Å². The molecule has 0 radical (unpaired) electrons. The molecule has 0 aliphatic carbocycles. The maximum absolute atomic E-state index is 12.6. The monoisotopic (exact) mass is 408 g/mol. The summed E-state index contributed by atoms with van der Waals surface area (Å²) in [5, 5.41) is 3.69. The third-order valence-corrected chi connectivity index (χ3v) is 5.77. The number of methoxy groups -OCH3 is 1. The van der Waals surface area contributed by atoms with Crippen molar-refractivity contribution in [1.29, 1.82) is 0 Å². The van der Waals surface area contributed by atoms with Crippen LogP contribution in [0, 0.1) is 12.3 Å². The molecule has 0 bridgehead atoms. The maximum Gasteiger partial charge on any atom is 0.312 e. The van der Waals surface area contributed by atoms with Gasteiger partial charge in [-0.2, -0.15) is 0 Å². The van der Waals surface area contributed by atoms with E-state index in [0.29, 0.717) is 10.7 Å². The molecule has 4 nitrogen and oxygen atoms in total. The molecular weight excluding hydrogens is 383 g/mol. The predicted molar refractivity (Wildman–Crippen MR) is 114 cm³/mol. The van der Waals surface area contributed by atoms with E-state index in [9.17, 15) is 4.79 Å². The standard InChI is InChI=1S/C21H26Cl2N2O2/c1-12-15(7-9-17(25-4)19(12)24)18(21(2,3)20(26)27-5)13-6-8-16(23)14(10-13)11-22/h6-10,18,25H,11,24H2,1-5H3. The van der Waals surface area contributed by atoms with Crippen LogP contribution >= 0.6 is 23.2 Å². The van der Waals surface area contributed by atoms with Crippen LogP contribution < -0.4 is 11.1 Å². The molecule has 0 heterocycles. The van der Waals surface area contributed by atoms with Gasteiger partial charge in [0.05, 0.1) is 23.9 Å². The maximum atomic E-state index is 12.6. The summed E-state index contributed by atoms with van der Waals surface area (Å²) < 4.78 is 5.10. The van der Waals surface area contributed by atoms with Gasteiger partial charge in [0.2, 0.25) is 0 Å². The number of nitrogen functional groups attached to an aromatic ring is 1. The Morgan fingerprint density at radius 3 is 2.52 bits per heavy atom. The van der Waals surface area contributed by atoms with Gasteiger partial charge in [-0.1, -0.05) is 29.8 Å². The number of hydrogen-bond donors (Lipinski definition) is 2. The number of nitrogens with one attached hydrogen (secondary N) is 1. The Labute approximate surface area is 171 Å². The van der Waals surface area contributed by atoms with Gasteiger partial charge in [-0.05, 0) is 55.2 Å². The molecule has 0 aliphatic rings. The Hall–Kier alpha value is -1.91. The van der Waals surface area contributed by atoms with Gasteiger partial charge in [0, 0.05) is 23.9 Å². The van der Waals surface area contributed by atoms with Gasteiger partial charge in [0.1, 0.15) is 0 Å². The van der Waals surface area contributed by atoms with Crippen LogP contribution in [0.5, 0.6) is 0 Å². The number of ether oxygens (including phenoxy) is 1. The van der Waals surface area contributed by atoms with E-state index in [2.05, 4.69) is 5.32 Å². The zero-order valence-corrected chi connectivity index (χ0v) is 17.8. The van der Waals surface area contributed by atoms with E-state index in [1.165, 1.54) is 7.11 Å². The Kier molecular flexibility index (Phi) is 6.66. The molecule has 0 aromatic heterocycles. The second kappa shape index (κ2) is 8.41. The minimum absolute atomic E-state index is 0.280. The minimum atomic E-state index is -0.829. The Morgan fingerprint density at radius 1 is 1.30 bits per heavy atom. The first-order valence-electron chi connectivity index (χ1n) is 8.68. The number of anilines is 2. The second-order valence-corrected chi connectivity index (χ2v) is 7.80. The first kappa shape index (κ1) is 21.4. The van der Waals surface area contributed by atoms with E-state index in [0.717, 1.165) is 27.9 Å². The number of carbonyl (C=O) groups is 1. The number of hydrogen-bond acceptors (Lipinski definition) is 4. The van der Waals surface area contributed by atoms with Gasteiger partial charge in [-0.3, -0.25) is 4.79 Å². The molecule has 0 saturated carbocycles. The first-order valence-corrected chi connectivity index (χ1v) is 9.59. The van der Waals surface area contributed by atoms with Crippen molar-refractivity contribution in [2.24, 2.45) is 5.41 Å². The molecule has 27 heavy (non-hydrogen) atoms. The minimum Gasteiger partial charge on any atom is -0.469 e. The van der Waals surface area contributed by atoms with E-state index in [-0.39, 0.29) is 17.8 Å². The summed E-state index contributed by atoms with van der Waals surface area (Å²) in [6.07, 6.45) is 0. The van der Waals surface area contributed by atoms with Gasteiger partial charge in [-0.15, -0.1) is 11.6 Å². The lowest BCUT2D eigenvalue weighted by atomic mass is 9.69. The summed E-state index contributed by atoms with van der Waals surface area (Å²) in [5.74, 6) is -0.291. The van der Waals surface area contributed by atoms with Crippen molar-refractivity contribution in [3.63, 3.8) is 0 Å². The molecule has 1 unspecified atom stereocenters. The average molecular weight is 409 g/mol. The molecule has 146 valence electrons. The molecule has 2 aromatic carbocycles. The highest BCUT2D eigenvalue weighted by molar-refractivity contribution is 6.32. The fourth-order valence-corrected chi connectivity index (χ4v) is 3.99. The number of rotatable bonds is 6. The average Bonchev–Trinajstić information content (AvgIpc) is 2.65. The van der Waals surface area contributed by atoms with Gasteiger partial charge >= 0.3 is 5.97 Å². The van der Waals surface area contributed by atoms with Crippen molar-refractivity contribution in [1.82, 2.24) is 0 Å². The van der Waals surface area contributed by atoms with Crippen molar-refractivity contribution in [2.45, 2.75) is 32.6 Å². The molecule has 2 rings (SSSR count). The fourth-order valence-electron chi connectivity index (χ4n) is 3.52. The third-order valence-electron chi connectivity index (χ3n) is 5.12. The zero-order chi connectivity index (χ0) is 20.4. The second-order valence-electron chi connectivity index (χ2n) is 7.12. The van der Waals surface area contributed by atoms with Gasteiger partial charge in [-0.25, -0.2) is 0 Å². The van der Waals surface area contributed by atoms with Gasteiger partial charge in [0.15, 0.2) is 0 Å². The number of nitrogens with two attached hydrogens (primary N) is 1. The summed E-state index contributed by atoms with van der Waals surface area (Å²) in [6.45, 7) is 5.71. The van der Waals surface area contributed by atoms with Crippen LogP contribution in [0.1, 0.15) is 42.0 Å². The molecule has 0 aliphatic heterocycles. The molecule has 0 fully saturated rings. The number of esters is 1. The van der Waals surface area contributed by atoms with Crippen LogP contribution in [0.25, 0.3) is 0 Å². The van der Waals surface area contributed by atoms with Crippen LogP contribution in [-0.2, 0) is 15.4 Å². The van der Waals surface area contributed by atoms with Crippen LogP contribution in [0.2, 0.25) is 5.02 Å². The van der Waals surface area contributed by atoms with Crippen molar-refractivity contribution < 1.29 is 9.53 Å². The Morgan fingerprint density at radius 2 is 1.96 bits per heavy atom. The molecule has 6 heteroatoms. The number of carbonyl (C=O) groups excluding carboxylic acids is 1. The van der Waals surface area contributed by atoms with Gasteiger partial charge in [0.25, 0.3) is 0 Å². The van der Waals surface area contributed by atoms with Crippen molar-refractivity contribution in [3.8, 4) is 0 Å². The van der Waals surface area contributed by atoms with E-state index in [1.807, 2.05) is 58.2 Å². The quantitative estimate of drug-likeness (QED) is 0.384. The summed E-state index contributed by atoms with van der Waals surface area (Å²) in [4.78, 5) is 12.6. The molecule has 0 amide bonds. The van der Waals surface area contributed by atoms with E-state index in [4.69, 9.17) is 33.7 Å². The van der Waals surface area contributed by atoms with Crippen molar-refractivity contribution in [2.75, 3.05) is 25.2 Å². The summed E-state index contributed by atoms with van der Waals surface area (Å²) in [6, 6.07) is 9.62. The number of benzene rings is 2. The number of halogens is 2. The molecule has 0 saturated heterocycles. The highest BCUT2D eigenvalue weighted by atomic mass is 35.5.